The summed E-state index contributed by atoms with van der Waals surface area (Å²) in [5, 5.41) is 3.50. The Morgan fingerprint density at radius 3 is 3.04 bits per heavy atom. The number of aromatic nitrogens is 2. The highest BCUT2D eigenvalue weighted by Gasteiger charge is 2.21. The molecule has 0 unspecified atom stereocenters. The van der Waals surface area contributed by atoms with E-state index in [0.29, 0.717) is 42.8 Å². The Balaban J connectivity index is 1.55. The average molecular weight is 358 g/mol. The minimum atomic E-state index is -0.150. The maximum absolute atomic E-state index is 12.5. The third-order valence-corrected chi connectivity index (χ3v) is 4.53. The van der Waals surface area contributed by atoms with Gasteiger partial charge in [0.15, 0.2) is 0 Å². The molecule has 0 aliphatic carbocycles. The number of para-hydroxylation sites is 1. The number of fused-ring (bicyclic) bond motifs is 1. The molecular weight excluding hydrogens is 332 g/mol. The van der Waals surface area contributed by atoms with Crippen LogP contribution in [0.3, 0.4) is 0 Å². The van der Waals surface area contributed by atoms with E-state index >= 15 is 0 Å². The number of carbonyl (C=O) groups excluding carboxylic acids is 1. The van der Waals surface area contributed by atoms with Gasteiger partial charge in [0.1, 0.15) is 5.82 Å². The molecule has 0 saturated carbocycles. The number of benzene rings is 1. The molecule has 1 atom stereocenters. The third kappa shape index (κ3) is 4.60. The van der Waals surface area contributed by atoms with Crippen molar-refractivity contribution in [3.8, 4) is 0 Å². The third-order valence-electron chi connectivity index (χ3n) is 4.53. The molecule has 0 bridgehead atoms. The first-order valence-corrected chi connectivity index (χ1v) is 9.29. The van der Waals surface area contributed by atoms with Crippen LogP contribution in [-0.2, 0) is 11.2 Å². The number of aromatic amines is 1. The van der Waals surface area contributed by atoms with Crippen molar-refractivity contribution in [1.29, 1.82) is 0 Å². The van der Waals surface area contributed by atoms with E-state index in [1.807, 2.05) is 23.1 Å². The molecule has 140 valence electrons. The van der Waals surface area contributed by atoms with Crippen LogP contribution in [0.4, 0.5) is 4.79 Å². The van der Waals surface area contributed by atoms with E-state index < -0.39 is 0 Å². The highest BCUT2D eigenvalue weighted by Crippen LogP contribution is 2.13. The van der Waals surface area contributed by atoms with Gasteiger partial charge in [-0.05, 0) is 31.4 Å². The molecule has 1 saturated heterocycles. The smallest absolute Gasteiger partial charge is 0.317 e. The van der Waals surface area contributed by atoms with Crippen molar-refractivity contribution in [2.24, 2.45) is 0 Å². The zero-order valence-corrected chi connectivity index (χ0v) is 15.2. The first kappa shape index (κ1) is 18.4. The highest BCUT2D eigenvalue weighted by atomic mass is 16.5. The van der Waals surface area contributed by atoms with Crippen LogP contribution in [0.25, 0.3) is 10.9 Å². The highest BCUT2D eigenvalue weighted by molar-refractivity contribution is 5.77. The van der Waals surface area contributed by atoms with Crippen molar-refractivity contribution in [2.75, 3.05) is 26.2 Å². The van der Waals surface area contributed by atoms with Gasteiger partial charge in [0, 0.05) is 32.7 Å². The lowest BCUT2D eigenvalue weighted by atomic mass is 10.2. The number of rotatable bonds is 7. The largest absolute Gasteiger partial charge is 0.376 e. The van der Waals surface area contributed by atoms with Crippen molar-refractivity contribution in [2.45, 2.75) is 38.7 Å². The number of carbonyl (C=O) groups is 1. The zero-order chi connectivity index (χ0) is 18.4. The second kappa shape index (κ2) is 8.80. The molecule has 26 heavy (non-hydrogen) atoms. The summed E-state index contributed by atoms with van der Waals surface area (Å²) in [5.74, 6) is 0.579. The number of hydrogen-bond acceptors (Lipinski definition) is 4. The topological polar surface area (TPSA) is 87.3 Å². The van der Waals surface area contributed by atoms with Gasteiger partial charge in [-0.1, -0.05) is 19.1 Å². The van der Waals surface area contributed by atoms with Crippen LogP contribution in [0.2, 0.25) is 0 Å². The standard InChI is InChI=1S/C19H26N4O3/c1-2-11-23(13-14-6-5-12-26-14)19(25)20-10-9-17-21-16-8-4-3-7-15(16)18(24)22-17/h3-4,7-8,14H,2,5-6,9-13H2,1H3,(H,20,25)(H,21,22,24)/t14-/m0/s1. The molecule has 1 aromatic heterocycles. The molecule has 3 rings (SSSR count). The second-order valence-corrected chi connectivity index (χ2v) is 6.59. The summed E-state index contributed by atoms with van der Waals surface area (Å²) in [7, 11) is 0. The van der Waals surface area contributed by atoms with Crippen molar-refractivity contribution < 1.29 is 9.53 Å². The van der Waals surface area contributed by atoms with Gasteiger partial charge in [-0.2, -0.15) is 0 Å². The molecule has 7 heteroatoms. The van der Waals surface area contributed by atoms with Gasteiger partial charge in [0.2, 0.25) is 0 Å². The number of nitrogens with one attached hydrogen (secondary N) is 2. The lowest BCUT2D eigenvalue weighted by molar-refractivity contribution is 0.0813. The normalized spacial score (nSPS) is 16.7. The predicted molar refractivity (Wildman–Crippen MR) is 100 cm³/mol. The van der Waals surface area contributed by atoms with Gasteiger partial charge in [-0.3, -0.25) is 4.79 Å². The van der Waals surface area contributed by atoms with Crippen molar-refractivity contribution in [3.63, 3.8) is 0 Å². The van der Waals surface area contributed by atoms with E-state index in [2.05, 4.69) is 22.2 Å². The van der Waals surface area contributed by atoms with Crippen LogP contribution in [0.1, 0.15) is 32.0 Å². The van der Waals surface area contributed by atoms with Crippen molar-refractivity contribution >= 4 is 16.9 Å². The molecule has 2 heterocycles. The Morgan fingerprint density at radius 1 is 1.42 bits per heavy atom. The maximum Gasteiger partial charge on any atom is 0.317 e. The van der Waals surface area contributed by atoms with Crippen molar-refractivity contribution in [3.05, 3.63) is 40.4 Å². The second-order valence-electron chi connectivity index (χ2n) is 6.59. The fraction of sp³-hybridized carbons (Fsp3) is 0.526. The SMILES string of the molecule is CCCN(C[C@@H]1CCCO1)C(=O)NCCc1nc2ccccc2c(=O)[nH]1. The van der Waals surface area contributed by atoms with E-state index in [9.17, 15) is 9.59 Å². The fourth-order valence-electron chi connectivity index (χ4n) is 3.23. The minimum Gasteiger partial charge on any atom is -0.376 e. The van der Waals surface area contributed by atoms with Gasteiger partial charge in [0.25, 0.3) is 5.56 Å². The summed E-state index contributed by atoms with van der Waals surface area (Å²) < 4.78 is 5.64. The maximum atomic E-state index is 12.5. The van der Waals surface area contributed by atoms with Crippen LogP contribution in [0.5, 0.6) is 0 Å². The van der Waals surface area contributed by atoms with Crippen LogP contribution >= 0.6 is 0 Å². The summed E-state index contributed by atoms with van der Waals surface area (Å²) >= 11 is 0. The molecule has 2 aromatic rings. The van der Waals surface area contributed by atoms with Gasteiger partial charge in [0.05, 0.1) is 17.0 Å². The van der Waals surface area contributed by atoms with E-state index in [4.69, 9.17) is 4.74 Å². The lowest BCUT2D eigenvalue weighted by Gasteiger charge is -2.25. The fourth-order valence-corrected chi connectivity index (χ4v) is 3.23. The molecular formula is C19H26N4O3. The first-order chi connectivity index (χ1) is 12.7. The Morgan fingerprint density at radius 2 is 2.27 bits per heavy atom. The molecule has 1 aliphatic rings. The number of H-pyrrole nitrogens is 1. The number of ether oxygens (including phenoxy) is 1. The molecule has 2 N–H and O–H groups in total. The van der Waals surface area contributed by atoms with Gasteiger partial charge in [-0.25, -0.2) is 9.78 Å². The van der Waals surface area contributed by atoms with Crippen LogP contribution in [-0.4, -0.2) is 53.2 Å². The average Bonchev–Trinajstić information content (AvgIpc) is 3.14. The summed E-state index contributed by atoms with van der Waals surface area (Å²) in [4.78, 5) is 33.6. The summed E-state index contributed by atoms with van der Waals surface area (Å²) in [5.41, 5.74) is 0.520. The summed E-state index contributed by atoms with van der Waals surface area (Å²) in [6, 6.07) is 7.15. The van der Waals surface area contributed by atoms with Crippen LogP contribution in [0.15, 0.2) is 29.1 Å². The number of nitrogens with zero attached hydrogens (tertiary/aromatic N) is 2. The van der Waals surface area contributed by atoms with E-state index in [0.717, 1.165) is 25.9 Å². The monoisotopic (exact) mass is 358 g/mol. The van der Waals surface area contributed by atoms with Crippen LogP contribution in [0, 0.1) is 0 Å². The van der Waals surface area contributed by atoms with E-state index in [-0.39, 0.29) is 17.7 Å². The Kier molecular flexibility index (Phi) is 6.22. The summed E-state index contributed by atoms with van der Waals surface area (Å²) in [6.45, 7) is 4.60. The molecule has 1 fully saturated rings. The van der Waals surface area contributed by atoms with Crippen LogP contribution < -0.4 is 10.9 Å². The predicted octanol–water partition coefficient (Wildman–Crippen LogP) is 2.07. The van der Waals surface area contributed by atoms with Gasteiger partial charge in [-0.15, -0.1) is 0 Å². The van der Waals surface area contributed by atoms with Gasteiger partial charge < -0.3 is 19.9 Å². The molecule has 1 aromatic carbocycles. The molecule has 0 radical (unpaired) electrons. The van der Waals surface area contributed by atoms with Crippen molar-refractivity contribution in [1.82, 2.24) is 20.2 Å². The zero-order valence-electron chi connectivity index (χ0n) is 15.2. The quantitative estimate of drug-likeness (QED) is 0.793. The Labute approximate surface area is 152 Å². The number of urea groups is 1. The lowest BCUT2D eigenvalue weighted by Crippen LogP contribution is -2.44. The Hall–Kier alpha value is -2.41. The summed E-state index contributed by atoms with van der Waals surface area (Å²) in [6.07, 6.45) is 3.60. The minimum absolute atomic E-state index is 0.0921. The van der Waals surface area contributed by atoms with E-state index in [1.54, 1.807) is 6.07 Å². The van der Waals surface area contributed by atoms with Gasteiger partial charge >= 0.3 is 6.03 Å². The molecule has 7 nitrogen and oxygen atoms in total. The molecule has 1 aliphatic heterocycles. The molecule has 0 spiro atoms. The number of hydrogen-bond donors (Lipinski definition) is 2. The van der Waals surface area contributed by atoms with E-state index in [1.165, 1.54) is 0 Å². The molecule has 2 amide bonds. The first-order valence-electron chi connectivity index (χ1n) is 9.29. The Bertz CT molecular complexity index is 799. The number of amides is 2.